The largest absolute Gasteiger partial charge is 0.312 e. The van der Waals surface area contributed by atoms with Crippen LogP contribution in [0.5, 0.6) is 0 Å². The number of thiazole rings is 1. The third-order valence-electron chi connectivity index (χ3n) is 2.72. The van der Waals surface area contributed by atoms with Gasteiger partial charge in [0, 0.05) is 29.1 Å². The minimum absolute atomic E-state index is 0.0964. The van der Waals surface area contributed by atoms with Crippen molar-refractivity contribution in [3.63, 3.8) is 0 Å². The molecule has 1 aromatic carbocycles. The highest BCUT2D eigenvalue weighted by molar-refractivity contribution is 7.13. The molecule has 0 spiro atoms. The summed E-state index contributed by atoms with van der Waals surface area (Å²) in [6.45, 7) is 2.04. The standard InChI is InChI=1S/C12H13N3O2S/c1-8(13-2)11-7-18-12(14-11)9-3-5-10(6-4-9)15(16)17/h3-8,13H,1-2H3. The van der Waals surface area contributed by atoms with Gasteiger partial charge in [-0.3, -0.25) is 10.1 Å². The van der Waals surface area contributed by atoms with Crippen molar-refractivity contribution in [2.75, 3.05) is 7.05 Å². The molecule has 6 heteroatoms. The van der Waals surface area contributed by atoms with Crippen molar-refractivity contribution in [3.8, 4) is 10.6 Å². The molecule has 1 atom stereocenters. The first-order chi connectivity index (χ1) is 8.61. The molecule has 1 heterocycles. The van der Waals surface area contributed by atoms with Gasteiger partial charge in [-0.15, -0.1) is 11.3 Å². The van der Waals surface area contributed by atoms with E-state index in [4.69, 9.17) is 0 Å². The summed E-state index contributed by atoms with van der Waals surface area (Å²) in [7, 11) is 1.88. The monoisotopic (exact) mass is 263 g/mol. The second-order valence-corrected chi connectivity index (χ2v) is 4.75. The Balaban J connectivity index is 2.26. The lowest BCUT2D eigenvalue weighted by molar-refractivity contribution is -0.384. The number of non-ortho nitro benzene ring substituents is 1. The van der Waals surface area contributed by atoms with Crippen LogP contribution in [0.4, 0.5) is 5.69 Å². The summed E-state index contributed by atoms with van der Waals surface area (Å²) in [5, 5.41) is 16.6. The summed E-state index contributed by atoms with van der Waals surface area (Å²) in [4.78, 5) is 14.7. The van der Waals surface area contributed by atoms with E-state index in [1.807, 2.05) is 19.4 Å². The molecule has 0 aliphatic heterocycles. The van der Waals surface area contributed by atoms with Crippen LogP contribution in [0.2, 0.25) is 0 Å². The zero-order valence-electron chi connectivity index (χ0n) is 10.1. The molecular formula is C12H13N3O2S. The third-order valence-corrected chi connectivity index (χ3v) is 3.63. The molecule has 0 saturated heterocycles. The maximum Gasteiger partial charge on any atom is 0.269 e. The fourth-order valence-electron chi connectivity index (χ4n) is 1.49. The molecule has 0 aliphatic carbocycles. The second-order valence-electron chi connectivity index (χ2n) is 3.89. The fourth-order valence-corrected chi connectivity index (χ4v) is 2.41. The molecule has 94 valence electrons. The van der Waals surface area contributed by atoms with Crippen LogP contribution in [-0.2, 0) is 0 Å². The second kappa shape index (κ2) is 5.24. The van der Waals surface area contributed by atoms with Crippen molar-refractivity contribution in [1.29, 1.82) is 0 Å². The lowest BCUT2D eigenvalue weighted by Gasteiger charge is -2.04. The first-order valence-corrected chi connectivity index (χ1v) is 6.37. The Morgan fingerprint density at radius 1 is 1.39 bits per heavy atom. The molecule has 1 unspecified atom stereocenters. The molecule has 18 heavy (non-hydrogen) atoms. The molecule has 1 N–H and O–H groups in total. The van der Waals surface area contributed by atoms with Crippen molar-refractivity contribution in [2.45, 2.75) is 13.0 Å². The molecule has 0 aliphatic rings. The minimum atomic E-state index is -0.403. The molecule has 5 nitrogen and oxygen atoms in total. The van der Waals surface area contributed by atoms with Gasteiger partial charge in [-0.2, -0.15) is 0 Å². The maximum absolute atomic E-state index is 10.6. The fraction of sp³-hybridized carbons (Fsp3) is 0.250. The Morgan fingerprint density at radius 3 is 2.61 bits per heavy atom. The molecule has 2 aromatic rings. The summed E-state index contributed by atoms with van der Waals surface area (Å²) >= 11 is 1.54. The number of nitro benzene ring substituents is 1. The highest BCUT2D eigenvalue weighted by Gasteiger charge is 2.10. The van der Waals surface area contributed by atoms with E-state index < -0.39 is 4.92 Å². The van der Waals surface area contributed by atoms with Crippen LogP contribution in [0.1, 0.15) is 18.7 Å². The highest BCUT2D eigenvalue weighted by atomic mass is 32.1. The van der Waals surface area contributed by atoms with Gasteiger partial charge in [0.15, 0.2) is 0 Å². The molecule has 0 fully saturated rings. The van der Waals surface area contributed by atoms with E-state index in [2.05, 4.69) is 10.3 Å². The van der Waals surface area contributed by atoms with E-state index in [0.29, 0.717) is 0 Å². The van der Waals surface area contributed by atoms with Crippen LogP contribution in [0.3, 0.4) is 0 Å². The van der Waals surface area contributed by atoms with Crippen LogP contribution in [0.25, 0.3) is 10.6 Å². The van der Waals surface area contributed by atoms with Gasteiger partial charge in [0.2, 0.25) is 0 Å². The molecule has 0 amide bonds. The maximum atomic E-state index is 10.6. The molecule has 0 saturated carbocycles. The predicted molar refractivity (Wildman–Crippen MR) is 71.7 cm³/mol. The summed E-state index contributed by atoms with van der Waals surface area (Å²) in [6.07, 6.45) is 0. The van der Waals surface area contributed by atoms with Crippen LogP contribution in [0.15, 0.2) is 29.6 Å². The van der Waals surface area contributed by atoms with E-state index in [9.17, 15) is 10.1 Å². The average molecular weight is 263 g/mol. The Morgan fingerprint density at radius 2 is 2.06 bits per heavy atom. The van der Waals surface area contributed by atoms with Gasteiger partial charge in [-0.25, -0.2) is 4.98 Å². The molecule has 2 rings (SSSR count). The van der Waals surface area contributed by atoms with Crippen LogP contribution in [0, 0.1) is 10.1 Å². The van der Waals surface area contributed by atoms with Crippen molar-refractivity contribution in [3.05, 3.63) is 45.5 Å². The lowest BCUT2D eigenvalue weighted by atomic mass is 10.2. The minimum Gasteiger partial charge on any atom is -0.312 e. The van der Waals surface area contributed by atoms with E-state index in [1.165, 1.54) is 23.5 Å². The smallest absolute Gasteiger partial charge is 0.269 e. The van der Waals surface area contributed by atoms with Gasteiger partial charge >= 0.3 is 0 Å². The van der Waals surface area contributed by atoms with Crippen molar-refractivity contribution >= 4 is 17.0 Å². The van der Waals surface area contributed by atoms with Crippen molar-refractivity contribution in [2.24, 2.45) is 0 Å². The number of nitrogens with one attached hydrogen (secondary N) is 1. The lowest BCUT2D eigenvalue weighted by Crippen LogP contribution is -2.12. The van der Waals surface area contributed by atoms with Gasteiger partial charge in [-0.05, 0) is 26.1 Å². The summed E-state index contributed by atoms with van der Waals surface area (Å²) in [5.74, 6) is 0. The zero-order chi connectivity index (χ0) is 13.1. The SMILES string of the molecule is CNC(C)c1csc(-c2ccc([N+](=O)[O-])cc2)n1. The zero-order valence-corrected chi connectivity index (χ0v) is 10.9. The third kappa shape index (κ3) is 2.55. The Kier molecular flexibility index (Phi) is 3.69. The molecule has 0 radical (unpaired) electrons. The van der Waals surface area contributed by atoms with Crippen molar-refractivity contribution in [1.82, 2.24) is 10.3 Å². The summed E-state index contributed by atoms with van der Waals surface area (Å²) < 4.78 is 0. The molecular weight excluding hydrogens is 250 g/mol. The Hall–Kier alpha value is -1.79. The van der Waals surface area contributed by atoms with Crippen molar-refractivity contribution < 1.29 is 4.92 Å². The predicted octanol–water partition coefficient (Wildman–Crippen LogP) is 3.00. The average Bonchev–Trinajstić information content (AvgIpc) is 2.87. The number of hydrogen-bond acceptors (Lipinski definition) is 5. The Labute approximate surface area is 109 Å². The number of benzene rings is 1. The first-order valence-electron chi connectivity index (χ1n) is 5.49. The van der Waals surface area contributed by atoms with Crippen LogP contribution < -0.4 is 5.32 Å². The number of nitrogens with zero attached hydrogens (tertiary/aromatic N) is 2. The number of hydrogen-bond donors (Lipinski definition) is 1. The van der Waals surface area contributed by atoms with Gasteiger partial charge in [0.25, 0.3) is 5.69 Å². The summed E-state index contributed by atoms with van der Waals surface area (Å²) in [6, 6.07) is 6.65. The topological polar surface area (TPSA) is 68.1 Å². The van der Waals surface area contributed by atoms with E-state index in [0.717, 1.165) is 16.3 Å². The van der Waals surface area contributed by atoms with Crippen LogP contribution >= 0.6 is 11.3 Å². The van der Waals surface area contributed by atoms with Gasteiger partial charge in [0.05, 0.1) is 10.6 Å². The van der Waals surface area contributed by atoms with Gasteiger partial charge in [0.1, 0.15) is 5.01 Å². The molecule has 0 bridgehead atoms. The van der Waals surface area contributed by atoms with E-state index in [-0.39, 0.29) is 11.7 Å². The number of nitro groups is 1. The van der Waals surface area contributed by atoms with Gasteiger partial charge in [-0.1, -0.05) is 0 Å². The first kappa shape index (κ1) is 12.7. The van der Waals surface area contributed by atoms with Crippen LogP contribution in [-0.4, -0.2) is 17.0 Å². The summed E-state index contributed by atoms with van der Waals surface area (Å²) in [5.41, 5.74) is 1.98. The number of aromatic nitrogens is 1. The highest BCUT2D eigenvalue weighted by Crippen LogP contribution is 2.27. The Bertz CT molecular complexity index is 551. The van der Waals surface area contributed by atoms with Gasteiger partial charge < -0.3 is 5.32 Å². The normalized spacial score (nSPS) is 12.3. The van der Waals surface area contributed by atoms with E-state index in [1.54, 1.807) is 12.1 Å². The quantitative estimate of drug-likeness (QED) is 0.680. The number of rotatable bonds is 4. The molecule has 1 aromatic heterocycles. The van der Waals surface area contributed by atoms with E-state index >= 15 is 0 Å².